The maximum Gasteiger partial charge on any atom is 0.236 e. The SMILES string of the molecule is CCC[C@@H](N)C(=O)NCCC(O)CC. The predicted octanol–water partition coefficient (Wildman–Crippen LogP) is 0.391. The van der Waals surface area contributed by atoms with Crippen molar-refractivity contribution >= 4 is 5.91 Å². The highest BCUT2D eigenvalue weighted by Crippen LogP contribution is 1.96. The van der Waals surface area contributed by atoms with Crippen molar-refractivity contribution in [3.63, 3.8) is 0 Å². The van der Waals surface area contributed by atoms with Gasteiger partial charge >= 0.3 is 0 Å². The molecule has 1 amide bonds. The number of rotatable bonds is 7. The van der Waals surface area contributed by atoms with Gasteiger partial charge in [0.2, 0.25) is 5.91 Å². The summed E-state index contributed by atoms with van der Waals surface area (Å²) >= 11 is 0. The molecule has 0 spiro atoms. The van der Waals surface area contributed by atoms with Crippen LogP contribution in [0.5, 0.6) is 0 Å². The Morgan fingerprint density at radius 2 is 2.07 bits per heavy atom. The van der Waals surface area contributed by atoms with Crippen LogP contribution in [0, 0.1) is 0 Å². The Morgan fingerprint density at radius 1 is 1.43 bits per heavy atom. The fraction of sp³-hybridized carbons (Fsp3) is 0.900. The van der Waals surface area contributed by atoms with E-state index in [-0.39, 0.29) is 12.0 Å². The van der Waals surface area contributed by atoms with Gasteiger partial charge in [0.15, 0.2) is 0 Å². The van der Waals surface area contributed by atoms with Crippen LogP contribution in [0.4, 0.5) is 0 Å². The van der Waals surface area contributed by atoms with Crippen molar-refractivity contribution in [3.05, 3.63) is 0 Å². The fourth-order valence-electron chi connectivity index (χ4n) is 1.14. The molecule has 84 valence electrons. The average Bonchev–Trinajstić information content (AvgIpc) is 2.17. The van der Waals surface area contributed by atoms with E-state index in [1.165, 1.54) is 0 Å². The third kappa shape index (κ3) is 5.94. The van der Waals surface area contributed by atoms with E-state index in [0.717, 1.165) is 12.8 Å². The molecule has 4 N–H and O–H groups in total. The first-order valence-electron chi connectivity index (χ1n) is 5.33. The van der Waals surface area contributed by atoms with Gasteiger partial charge in [0.25, 0.3) is 0 Å². The van der Waals surface area contributed by atoms with E-state index in [9.17, 15) is 9.90 Å². The van der Waals surface area contributed by atoms with Gasteiger partial charge in [0.1, 0.15) is 0 Å². The van der Waals surface area contributed by atoms with Crippen molar-refractivity contribution in [1.82, 2.24) is 5.32 Å². The van der Waals surface area contributed by atoms with Gasteiger partial charge in [0.05, 0.1) is 12.1 Å². The lowest BCUT2D eigenvalue weighted by Crippen LogP contribution is -2.41. The molecular weight excluding hydrogens is 180 g/mol. The Bertz CT molecular complexity index is 162. The molecule has 0 aromatic carbocycles. The zero-order valence-corrected chi connectivity index (χ0v) is 9.12. The summed E-state index contributed by atoms with van der Waals surface area (Å²) in [7, 11) is 0. The molecule has 0 saturated carbocycles. The summed E-state index contributed by atoms with van der Waals surface area (Å²) < 4.78 is 0. The molecule has 0 aliphatic heterocycles. The number of aliphatic hydroxyl groups is 1. The van der Waals surface area contributed by atoms with Crippen LogP contribution in [0.15, 0.2) is 0 Å². The van der Waals surface area contributed by atoms with Crippen LogP contribution in [-0.4, -0.2) is 29.7 Å². The van der Waals surface area contributed by atoms with Gasteiger partial charge in [-0.2, -0.15) is 0 Å². The maximum absolute atomic E-state index is 11.3. The second-order valence-electron chi connectivity index (χ2n) is 3.54. The van der Waals surface area contributed by atoms with Crippen LogP contribution < -0.4 is 11.1 Å². The largest absolute Gasteiger partial charge is 0.393 e. The molecule has 0 saturated heterocycles. The first kappa shape index (κ1) is 13.4. The molecule has 0 fully saturated rings. The van der Waals surface area contributed by atoms with Crippen LogP contribution in [0.25, 0.3) is 0 Å². The monoisotopic (exact) mass is 202 g/mol. The van der Waals surface area contributed by atoms with Crippen LogP contribution in [-0.2, 0) is 4.79 Å². The number of amides is 1. The second-order valence-corrected chi connectivity index (χ2v) is 3.54. The number of nitrogens with one attached hydrogen (secondary N) is 1. The molecular formula is C10H22N2O2. The van der Waals surface area contributed by atoms with Crippen molar-refractivity contribution < 1.29 is 9.90 Å². The van der Waals surface area contributed by atoms with E-state index in [1.807, 2.05) is 13.8 Å². The van der Waals surface area contributed by atoms with Gasteiger partial charge in [-0.25, -0.2) is 0 Å². The van der Waals surface area contributed by atoms with Gasteiger partial charge in [0, 0.05) is 6.54 Å². The molecule has 4 nitrogen and oxygen atoms in total. The Morgan fingerprint density at radius 3 is 2.57 bits per heavy atom. The minimum absolute atomic E-state index is 0.116. The normalized spacial score (nSPS) is 14.9. The molecule has 0 heterocycles. The Kier molecular flexibility index (Phi) is 7.42. The lowest BCUT2D eigenvalue weighted by molar-refractivity contribution is -0.122. The summed E-state index contributed by atoms with van der Waals surface area (Å²) in [5, 5.41) is 11.9. The minimum Gasteiger partial charge on any atom is -0.393 e. The minimum atomic E-state index is -0.404. The highest BCUT2D eigenvalue weighted by Gasteiger charge is 2.11. The van der Waals surface area contributed by atoms with Gasteiger partial charge in [-0.3, -0.25) is 4.79 Å². The quantitative estimate of drug-likeness (QED) is 0.559. The van der Waals surface area contributed by atoms with E-state index in [1.54, 1.807) is 0 Å². The molecule has 0 bridgehead atoms. The molecule has 0 aliphatic carbocycles. The van der Waals surface area contributed by atoms with Gasteiger partial charge in [-0.15, -0.1) is 0 Å². The number of nitrogens with two attached hydrogens (primary N) is 1. The summed E-state index contributed by atoms with van der Waals surface area (Å²) in [6.07, 6.45) is 2.62. The molecule has 0 rings (SSSR count). The molecule has 0 radical (unpaired) electrons. The molecule has 0 aromatic rings. The Labute approximate surface area is 85.9 Å². The number of carbonyl (C=O) groups excluding carboxylic acids is 1. The highest BCUT2D eigenvalue weighted by molar-refractivity contribution is 5.81. The van der Waals surface area contributed by atoms with E-state index >= 15 is 0 Å². The van der Waals surface area contributed by atoms with E-state index in [4.69, 9.17) is 5.73 Å². The van der Waals surface area contributed by atoms with Crippen LogP contribution in [0.3, 0.4) is 0 Å². The van der Waals surface area contributed by atoms with Gasteiger partial charge in [-0.1, -0.05) is 20.3 Å². The first-order valence-corrected chi connectivity index (χ1v) is 5.33. The molecule has 14 heavy (non-hydrogen) atoms. The molecule has 2 atom stereocenters. The van der Waals surface area contributed by atoms with Crippen LogP contribution in [0.1, 0.15) is 39.5 Å². The summed E-state index contributed by atoms with van der Waals surface area (Å²) in [6, 6.07) is -0.404. The Balaban J connectivity index is 3.53. The standard InChI is InChI=1S/C10H22N2O2/c1-3-5-9(11)10(14)12-7-6-8(13)4-2/h8-9,13H,3-7,11H2,1-2H3,(H,12,14)/t8?,9-/m1/s1. The van der Waals surface area contributed by atoms with Gasteiger partial charge < -0.3 is 16.2 Å². The Hall–Kier alpha value is -0.610. The smallest absolute Gasteiger partial charge is 0.236 e. The summed E-state index contributed by atoms with van der Waals surface area (Å²) in [5.74, 6) is -0.116. The topological polar surface area (TPSA) is 75.4 Å². The van der Waals surface area contributed by atoms with Gasteiger partial charge in [-0.05, 0) is 19.3 Å². The summed E-state index contributed by atoms with van der Waals surface area (Å²) in [5.41, 5.74) is 5.60. The molecule has 0 aliphatic rings. The number of hydrogen-bond donors (Lipinski definition) is 3. The highest BCUT2D eigenvalue weighted by atomic mass is 16.3. The maximum atomic E-state index is 11.3. The zero-order chi connectivity index (χ0) is 11.0. The molecule has 0 aromatic heterocycles. The summed E-state index contributed by atoms with van der Waals surface area (Å²) in [4.78, 5) is 11.3. The molecule has 1 unspecified atom stereocenters. The van der Waals surface area contributed by atoms with Crippen molar-refractivity contribution in [2.75, 3.05) is 6.54 Å². The number of aliphatic hydroxyl groups excluding tert-OH is 1. The summed E-state index contributed by atoms with van der Waals surface area (Å²) in [6.45, 7) is 4.41. The molecule has 4 heteroatoms. The average molecular weight is 202 g/mol. The zero-order valence-electron chi connectivity index (χ0n) is 9.12. The second kappa shape index (κ2) is 7.76. The lowest BCUT2D eigenvalue weighted by atomic mass is 10.1. The third-order valence-electron chi connectivity index (χ3n) is 2.18. The van der Waals surface area contributed by atoms with Crippen molar-refractivity contribution in [2.45, 2.75) is 51.7 Å². The van der Waals surface area contributed by atoms with Crippen molar-refractivity contribution in [1.29, 1.82) is 0 Å². The predicted molar refractivity (Wildman–Crippen MR) is 56.8 cm³/mol. The lowest BCUT2D eigenvalue weighted by Gasteiger charge is -2.12. The van der Waals surface area contributed by atoms with E-state index in [0.29, 0.717) is 19.4 Å². The first-order chi connectivity index (χ1) is 6.61. The van der Waals surface area contributed by atoms with Crippen LogP contribution >= 0.6 is 0 Å². The van der Waals surface area contributed by atoms with Crippen molar-refractivity contribution in [2.24, 2.45) is 5.73 Å². The van der Waals surface area contributed by atoms with E-state index in [2.05, 4.69) is 5.32 Å². The third-order valence-corrected chi connectivity index (χ3v) is 2.18. The van der Waals surface area contributed by atoms with Crippen LogP contribution in [0.2, 0.25) is 0 Å². The van der Waals surface area contributed by atoms with E-state index < -0.39 is 6.04 Å². The number of hydrogen-bond acceptors (Lipinski definition) is 3. The fourth-order valence-corrected chi connectivity index (χ4v) is 1.14. The van der Waals surface area contributed by atoms with Crippen molar-refractivity contribution in [3.8, 4) is 0 Å². The number of carbonyl (C=O) groups is 1.